The first-order valence-electron chi connectivity index (χ1n) is 9.30. The van der Waals surface area contributed by atoms with E-state index in [0.717, 1.165) is 27.8 Å². The Balaban J connectivity index is 1.30. The minimum atomic E-state index is -0.223. The van der Waals surface area contributed by atoms with E-state index in [-0.39, 0.29) is 12.5 Å². The van der Waals surface area contributed by atoms with Crippen LogP contribution in [0.1, 0.15) is 5.56 Å². The molecule has 29 heavy (non-hydrogen) atoms. The van der Waals surface area contributed by atoms with Gasteiger partial charge in [-0.2, -0.15) is 0 Å². The molecule has 1 amide bonds. The summed E-state index contributed by atoms with van der Waals surface area (Å²) in [7, 11) is 0. The van der Waals surface area contributed by atoms with E-state index in [0.29, 0.717) is 12.4 Å². The summed E-state index contributed by atoms with van der Waals surface area (Å²) in [6.07, 6.45) is 3.47. The molecular formula is C24H20N2O3. The van der Waals surface area contributed by atoms with Crippen molar-refractivity contribution in [1.82, 2.24) is 4.98 Å². The van der Waals surface area contributed by atoms with Gasteiger partial charge in [-0.1, -0.05) is 42.5 Å². The summed E-state index contributed by atoms with van der Waals surface area (Å²) < 4.78 is 11.3. The smallest absolute Gasteiger partial charge is 0.262 e. The Hall–Kier alpha value is -3.86. The monoisotopic (exact) mass is 384 g/mol. The first kappa shape index (κ1) is 18.5. The molecule has 4 aromatic rings. The predicted octanol–water partition coefficient (Wildman–Crippen LogP) is 4.83. The van der Waals surface area contributed by atoms with Crippen LogP contribution in [0.15, 0.2) is 91.3 Å². The van der Waals surface area contributed by atoms with E-state index in [1.807, 2.05) is 66.7 Å². The van der Waals surface area contributed by atoms with Crippen molar-refractivity contribution in [2.75, 3.05) is 11.9 Å². The van der Waals surface area contributed by atoms with Gasteiger partial charge in [-0.15, -0.1) is 0 Å². The Bertz CT molecular complexity index is 1090. The van der Waals surface area contributed by atoms with Gasteiger partial charge in [0.25, 0.3) is 5.91 Å². The first-order valence-corrected chi connectivity index (χ1v) is 9.30. The third-order valence-corrected chi connectivity index (χ3v) is 4.40. The maximum absolute atomic E-state index is 12.3. The van der Waals surface area contributed by atoms with Gasteiger partial charge in [-0.05, 0) is 42.0 Å². The van der Waals surface area contributed by atoms with Crippen LogP contribution in [-0.4, -0.2) is 17.5 Å². The second kappa shape index (κ2) is 8.89. The molecule has 1 N–H and O–H groups in total. The predicted molar refractivity (Wildman–Crippen MR) is 113 cm³/mol. The van der Waals surface area contributed by atoms with Crippen molar-refractivity contribution in [1.29, 1.82) is 0 Å². The lowest BCUT2D eigenvalue weighted by Crippen LogP contribution is -2.20. The number of ether oxygens (including phenoxy) is 2. The number of aromatic nitrogens is 1. The molecule has 0 spiro atoms. The van der Waals surface area contributed by atoms with E-state index < -0.39 is 0 Å². The zero-order valence-electron chi connectivity index (χ0n) is 15.7. The number of amides is 1. The number of pyridine rings is 1. The normalized spacial score (nSPS) is 10.5. The molecule has 0 atom stereocenters. The molecule has 5 heteroatoms. The fourth-order valence-corrected chi connectivity index (χ4v) is 2.94. The highest BCUT2D eigenvalue weighted by Gasteiger charge is 2.07. The Labute approximate surface area is 168 Å². The number of fused-ring (bicyclic) bond motifs is 1. The molecular weight excluding hydrogens is 364 g/mol. The van der Waals surface area contributed by atoms with Crippen molar-refractivity contribution in [3.63, 3.8) is 0 Å². The zero-order chi connectivity index (χ0) is 19.9. The Morgan fingerprint density at radius 2 is 1.59 bits per heavy atom. The molecule has 0 bridgehead atoms. The van der Waals surface area contributed by atoms with Crippen LogP contribution in [0.25, 0.3) is 10.8 Å². The lowest BCUT2D eigenvalue weighted by atomic mass is 10.1. The second-order valence-corrected chi connectivity index (χ2v) is 6.48. The largest absolute Gasteiger partial charge is 0.489 e. The maximum atomic E-state index is 12.3. The van der Waals surface area contributed by atoms with Crippen LogP contribution in [0.2, 0.25) is 0 Å². The second-order valence-electron chi connectivity index (χ2n) is 6.48. The van der Waals surface area contributed by atoms with Gasteiger partial charge in [0.1, 0.15) is 18.1 Å². The van der Waals surface area contributed by atoms with Crippen molar-refractivity contribution in [2.24, 2.45) is 0 Å². The Morgan fingerprint density at radius 1 is 0.828 bits per heavy atom. The molecule has 0 fully saturated rings. The third kappa shape index (κ3) is 4.90. The van der Waals surface area contributed by atoms with Gasteiger partial charge in [0.15, 0.2) is 6.61 Å². The van der Waals surface area contributed by atoms with E-state index in [4.69, 9.17) is 9.47 Å². The van der Waals surface area contributed by atoms with Crippen LogP contribution in [0, 0.1) is 0 Å². The SMILES string of the molecule is O=C(COc1ccc(OCc2ccccc2)cc1)Nc1cccc2cnccc12. The van der Waals surface area contributed by atoms with Crippen LogP contribution in [0.4, 0.5) is 5.69 Å². The van der Waals surface area contributed by atoms with Crippen LogP contribution in [0.5, 0.6) is 11.5 Å². The van der Waals surface area contributed by atoms with E-state index in [2.05, 4.69) is 10.3 Å². The summed E-state index contributed by atoms with van der Waals surface area (Å²) >= 11 is 0. The molecule has 0 aliphatic rings. The molecule has 0 saturated heterocycles. The standard InChI is InChI=1S/C24H20N2O3/c27-24(26-23-8-4-7-19-15-25-14-13-22(19)23)17-29-21-11-9-20(10-12-21)28-16-18-5-2-1-3-6-18/h1-15H,16-17H2,(H,26,27). The highest BCUT2D eigenvalue weighted by molar-refractivity contribution is 6.02. The van der Waals surface area contributed by atoms with Crippen LogP contribution >= 0.6 is 0 Å². The quantitative estimate of drug-likeness (QED) is 0.496. The number of hydrogen-bond donors (Lipinski definition) is 1. The molecule has 144 valence electrons. The van der Waals surface area contributed by atoms with Gasteiger partial charge in [0, 0.05) is 28.9 Å². The minimum absolute atomic E-state index is 0.0777. The summed E-state index contributed by atoms with van der Waals surface area (Å²) in [5.74, 6) is 1.13. The van der Waals surface area contributed by atoms with Gasteiger partial charge in [-0.3, -0.25) is 9.78 Å². The van der Waals surface area contributed by atoms with E-state index in [1.54, 1.807) is 24.5 Å². The van der Waals surface area contributed by atoms with Crippen molar-refractivity contribution in [3.8, 4) is 11.5 Å². The molecule has 0 radical (unpaired) electrons. The molecule has 3 aromatic carbocycles. The fourth-order valence-electron chi connectivity index (χ4n) is 2.94. The number of carbonyl (C=O) groups excluding carboxylic acids is 1. The van der Waals surface area contributed by atoms with E-state index in [9.17, 15) is 4.79 Å². The van der Waals surface area contributed by atoms with Gasteiger partial charge in [0.05, 0.1) is 0 Å². The number of benzene rings is 3. The first-order chi connectivity index (χ1) is 14.3. The molecule has 1 aromatic heterocycles. The van der Waals surface area contributed by atoms with Crippen LogP contribution in [-0.2, 0) is 11.4 Å². The van der Waals surface area contributed by atoms with Gasteiger partial charge >= 0.3 is 0 Å². The van der Waals surface area contributed by atoms with Gasteiger partial charge in [-0.25, -0.2) is 0 Å². The summed E-state index contributed by atoms with van der Waals surface area (Å²) in [4.78, 5) is 16.4. The highest BCUT2D eigenvalue weighted by atomic mass is 16.5. The molecule has 0 aliphatic carbocycles. The Kier molecular flexibility index (Phi) is 5.67. The fraction of sp³-hybridized carbons (Fsp3) is 0.0833. The van der Waals surface area contributed by atoms with Crippen LogP contribution in [0.3, 0.4) is 0 Å². The van der Waals surface area contributed by atoms with Crippen LogP contribution < -0.4 is 14.8 Å². The minimum Gasteiger partial charge on any atom is -0.489 e. The topological polar surface area (TPSA) is 60.5 Å². The number of nitrogens with zero attached hydrogens (tertiary/aromatic N) is 1. The van der Waals surface area contributed by atoms with Gasteiger partial charge in [0.2, 0.25) is 0 Å². The van der Waals surface area contributed by atoms with Crippen molar-refractivity contribution in [3.05, 3.63) is 96.8 Å². The average Bonchev–Trinajstić information content (AvgIpc) is 2.78. The molecule has 0 aliphatic heterocycles. The lowest BCUT2D eigenvalue weighted by molar-refractivity contribution is -0.118. The average molecular weight is 384 g/mol. The number of carbonyl (C=O) groups is 1. The van der Waals surface area contributed by atoms with Crippen molar-refractivity contribution < 1.29 is 14.3 Å². The summed E-state index contributed by atoms with van der Waals surface area (Å²) in [6.45, 7) is 0.426. The highest BCUT2D eigenvalue weighted by Crippen LogP contribution is 2.22. The maximum Gasteiger partial charge on any atom is 0.262 e. The third-order valence-electron chi connectivity index (χ3n) is 4.40. The number of anilines is 1. The summed E-state index contributed by atoms with van der Waals surface area (Å²) in [5.41, 5.74) is 1.84. The van der Waals surface area contributed by atoms with Gasteiger partial charge < -0.3 is 14.8 Å². The van der Waals surface area contributed by atoms with Crippen molar-refractivity contribution in [2.45, 2.75) is 6.61 Å². The summed E-state index contributed by atoms with van der Waals surface area (Å²) in [5, 5.41) is 4.80. The molecule has 0 saturated carbocycles. The number of rotatable bonds is 7. The van der Waals surface area contributed by atoms with E-state index >= 15 is 0 Å². The van der Waals surface area contributed by atoms with E-state index in [1.165, 1.54) is 0 Å². The van der Waals surface area contributed by atoms with Crippen molar-refractivity contribution >= 4 is 22.4 Å². The molecule has 1 heterocycles. The Morgan fingerprint density at radius 3 is 2.38 bits per heavy atom. The molecule has 0 unspecified atom stereocenters. The molecule has 4 rings (SSSR count). The number of hydrogen-bond acceptors (Lipinski definition) is 4. The zero-order valence-corrected chi connectivity index (χ0v) is 15.7. The molecule has 5 nitrogen and oxygen atoms in total. The lowest BCUT2D eigenvalue weighted by Gasteiger charge is -2.10. The number of nitrogens with one attached hydrogen (secondary N) is 1. The summed E-state index contributed by atoms with van der Waals surface area (Å²) in [6, 6.07) is 24.8.